The van der Waals surface area contributed by atoms with E-state index < -0.39 is 15.4 Å². The van der Waals surface area contributed by atoms with Gasteiger partial charge in [0.05, 0.1) is 11.3 Å². The highest BCUT2D eigenvalue weighted by Crippen LogP contribution is 2.21. The van der Waals surface area contributed by atoms with Gasteiger partial charge < -0.3 is 15.5 Å². The van der Waals surface area contributed by atoms with E-state index in [0.717, 1.165) is 0 Å². The van der Waals surface area contributed by atoms with Crippen molar-refractivity contribution in [2.45, 2.75) is 20.8 Å². The highest BCUT2D eigenvalue weighted by atomic mass is 32.2. The fraction of sp³-hybridized carbons (Fsp3) is 0.316. The van der Waals surface area contributed by atoms with Crippen molar-refractivity contribution in [2.24, 2.45) is 9.81 Å². The number of benzene rings is 1. The minimum Gasteiger partial charge on any atom is -0.330 e. The summed E-state index contributed by atoms with van der Waals surface area (Å²) in [7, 11) is -3.43. The van der Waals surface area contributed by atoms with Gasteiger partial charge in [-0.25, -0.2) is 8.42 Å². The van der Waals surface area contributed by atoms with Crippen LogP contribution in [0.2, 0.25) is 0 Å². The van der Waals surface area contributed by atoms with E-state index in [2.05, 4.69) is 15.0 Å². The van der Waals surface area contributed by atoms with Crippen LogP contribution in [0.4, 0.5) is 11.4 Å². The molecule has 9 heteroatoms. The summed E-state index contributed by atoms with van der Waals surface area (Å²) in [6.07, 6.45) is 4.61. The van der Waals surface area contributed by atoms with Crippen molar-refractivity contribution in [2.75, 3.05) is 22.9 Å². The maximum Gasteiger partial charge on any atom is 0.257 e. The summed E-state index contributed by atoms with van der Waals surface area (Å²) in [6.45, 7) is 5.70. The van der Waals surface area contributed by atoms with Crippen LogP contribution in [0.1, 0.15) is 20.8 Å². The van der Waals surface area contributed by atoms with Crippen molar-refractivity contribution < 1.29 is 18.0 Å². The number of amides is 2. The van der Waals surface area contributed by atoms with Gasteiger partial charge in [0.15, 0.2) is 0 Å². The van der Waals surface area contributed by atoms with Gasteiger partial charge in [0.1, 0.15) is 5.84 Å². The van der Waals surface area contributed by atoms with Gasteiger partial charge in [-0.1, -0.05) is 26.8 Å². The van der Waals surface area contributed by atoms with Crippen molar-refractivity contribution in [3.63, 3.8) is 0 Å². The molecule has 3 rings (SSSR count). The standard InChI is InChI=1S/C19H22N4O4S/c1-19(2,3)18(25)21-15-6-4-5-14(11-15)20-17(24)13-7-8-16-22-28(26,27)10-9-23(16)12-13/h4-8,11-12H,9-10H2,1-3H3,(H,20,24)(H,21,25). The van der Waals surface area contributed by atoms with E-state index in [0.29, 0.717) is 22.8 Å². The molecule has 0 radical (unpaired) electrons. The molecule has 8 nitrogen and oxygen atoms in total. The van der Waals surface area contributed by atoms with E-state index in [1.54, 1.807) is 35.4 Å². The molecule has 148 valence electrons. The molecule has 2 aliphatic rings. The minimum atomic E-state index is -3.43. The Kier molecular flexibility index (Phi) is 5.12. The predicted octanol–water partition coefficient (Wildman–Crippen LogP) is 2.11. The number of anilines is 2. The molecular weight excluding hydrogens is 380 g/mol. The SMILES string of the molecule is CC(C)(C)C(=O)Nc1cccc(NC(=O)C2=CN3CCS(=O)(=O)N=C3C=C2)c1. The van der Waals surface area contributed by atoms with Crippen LogP contribution in [0, 0.1) is 5.41 Å². The van der Waals surface area contributed by atoms with Gasteiger partial charge in [-0.15, -0.1) is 4.40 Å². The number of fused-ring (bicyclic) bond motifs is 1. The van der Waals surface area contributed by atoms with Crippen molar-refractivity contribution in [1.29, 1.82) is 0 Å². The molecule has 0 saturated heterocycles. The molecule has 0 fully saturated rings. The number of carbonyl (C=O) groups excluding carboxylic acids is 2. The van der Waals surface area contributed by atoms with E-state index in [9.17, 15) is 18.0 Å². The topological polar surface area (TPSA) is 108 Å². The Labute approximate surface area is 164 Å². The second-order valence-electron chi connectivity index (χ2n) is 7.59. The van der Waals surface area contributed by atoms with Gasteiger partial charge >= 0.3 is 0 Å². The van der Waals surface area contributed by atoms with Crippen LogP contribution >= 0.6 is 0 Å². The van der Waals surface area contributed by atoms with E-state index in [1.165, 1.54) is 12.2 Å². The summed E-state index contributed by atoms with van der Waals surface area (Å²) in [6, 6.07) is 6.88. The summed E-state index contributed by atoms with van der Waals surface area (Å²) < 4.78 is 26.8. The first-order valence-corrected chi connectivity index (χ1v) is 10.4. The zero-order valence-corrected chi connectivity index (χ0v) is 16.7. The first-order chi connectivity index (χ1) is 13.0. The van der Waals surface area contributed by atoms with Gasteiger partial charge in [-0.3, -0.25) is 9.59 Å². The maximum atomic E-state index is 12.6. The Morgan fingerprint density at radius 3 is 2.46 bits per heavy atom. The molecule has 0 unspecified atom stereocenters. The van der Waals surface area contributed by atoms with E-state index in [1.807, 2.05) is 20.8 Å². The van der Waals surface area contributed by atoms with Gasteiger partial charge in [0.25, 0.3) is 15.9 Å². The minimum absolute atomic E-state index is 0.0920. The molecule has 0 bridgehead atoms. The lowest BCUT2D eigenvalue weighted by Gasteiger charge is -2.27. The summed E-state index contributed by atoms with van der Waals surface area (Å²) in [5.41, 5.74) is 0.966. The Balaban J connectivity index is 1.71. The van der Waals surface area contributed by atoms with Gasteiger partial charge in [-0.05, 0) is 30.4 Å². The second-order valence-corrected chi connectivity index (χ2v) is 9.34. The van der Waals surface area contributed by atoms with Crippen LogP contribution in [0.3, 0.4) is 0 Å². The van der Waals surface area contributed by atoms with E-state index >= 15 is 0 Å². The summed E-state index contributed by atoms with van der Waals surface area (Å²) >= 11 is 0. The molecule has 0 spiro atoms. The molecule has 2 heterocycles. The molecule has 0 aromatic heterocycles. The monoisotopic (exact) mass is 402 g/mol. The summed E-state index contributed by atoms with van der Waals surface area (Å²) in [5.74, 6) is -0.260. The smallest absolute Gasteiger partial charge is 0.257 e. The Morgan fingerprint density at radius 1 is 1.11 bits per heavy atom. The lowest BCUT2D eigenvalue weighted by Crippen LogP contribution is -2.37. The van der Waals surface area contributed by atoms with Crippen LogP contribution in [0.15, 0.2) is 52.6 Å². The number of hydrogen-bond donors (Lipinski definition) is 2. The normalized spacial score (nSPS) is 17.9. The van der Waals surface area contributed by atoms with Crippen LogP contribution in [0.25, 0.3) is 0 Å². The molecule has 1 aromatic carbocycles. The van der Waals surface area contributed by atoms with Crippen LogP contribution < -0.4 is 10.6 Å². The lowest BCUT2D eigenvalue weighted by atomic mass is 9.95. The number of nitrogens with one attached hydrogen (secondary N) is 2. The molecule has 2 amide bonds. The van der Waals surface area contributed by atoms with Gasteiger partial charge in [0, 0.05) is 29.5 Å². The largest absolute Gasteiger partial charge is 0.330 e. The van der Waals surface area contributed by atoms with Crippen LogP contribution in [0.5, 0.6) is 0 Å². The maximum absolute atomic E-state index is 12.6. The number of rotatable bonds is 3. The third-order valence-corrected chi connectivity index (χ3v) is 5.31. The first-order valence-electron chi connectivity index (χ1n) is 8.76. The highest BCUT2D eigenvalue weighted by molar-refractivity contribution is 7.90. The van der Waals surface area contributed by atoms with Gasteiger partial charge in [0.2, 0.25) is 5.91 Å². The zero-order chi connectivity index (χ0) is 20.5. The summed E-state index contributed by atoms with van der Waals surface area (Å²) in [4.78, 5) is 26.3. The highest BCUT2D eigenvalue weighted by Gasteiger charge is 2.25. The Bertz CT molecular complexity index is 1020. The number of nitrogens with zero attached hydrogens (tertiary/aromatic N) is 2. The fourth-order valence-corrected chi connectivity index (χ4v) is 3.50. The third kappa shape index (κ3) is 4.66. The molecule has 2 N–H and O–H groups in total. The molecular formula is C19H22N4O4S. The third-order valence-electron chi connectivity index (χ3n) is 4.15. The fourth-order valence-electron chi connectivity index (χ4n) is 2.53. The molecule has 2 aliphatic heterocycles. The molecule has 28 heavy (non-hydrogen) atoms. The molecule has 0 saturated carbocycles. The van der Waals surface area contributed by atoms with Crippen LogP contribution in [-0.4, -0.2) is 43.3 Å². The average molecular weight is 402 g/mol. The van der Waals surface area contributed by atoms with Gasteiger partial charge in [-0.2, -0.15) is 0 Å². The van der Waals surface area contributed by atoms with Crippen molar-refractivity contribution in [3.8, 4) is 0 Å². The summed E-state index contributed by atoms with van der Waals surface area (Å²) in [5, 5.41) is 5.60. The quantitative estimate of drug-likeness (QED) is 0.805. The van der Waals surface area contributed by atoms with Crippen LogP contribution in [-0.2, 0) is 19.6 Å². The molecule has 0 atom stereocenters. The zero-order valence-electron chi connectivity index (χ0n) is 15.9. The first kappa shape index (κ1) is 19.8. The average Bonchev–Trinajstić information content (AvgIpc) is 2.60. The molecule has 0 aliphatic carbocycles. The van der Waals surface area contributed by atoms with Crippen molar-refractivity contribution in [3.05, 3.63) is 48.2 Å². The van der Waals surface area contributed by atoms with Crippen molar-refractivity contribution in [1.82, 2.24) is 4.90 Å². The van der Waals surface area contributed by atoms with E-state index in [4.69, 9.17) is 0 Å². The number of amidine groups is 1. The predicted molar refractivity (Wildman–Crippen MR) is 108 cm³/mol. The lowest BCUT2D eigenvalue weighted by molar-refractivity contribution is -0.123. The number of sulfonamides is 1. The molecule has 1 aromatic rings. The Hall–Kier alpha value is -2.94. The van der Waals surface area contributed by atoms with E-state index in [-0.39, 0.29) is 24.1 Å². The Morgan fingerprint density at radius 2 is 1.79 bits per heavy atom. The number of carbonyl (C=O) groups is 2. The van der Waals surface area contributed by atoms with Crippen molar-refractivity contribution >= 4 is 39.0 Å². The number of hydrogen-bond acceptors (Lipinski definition) is 5. The second kappa shape index (κ2) is 7.23.